The van der Waals surface area contributed by atoms with Crippen LogP contribution in [-0.4, -0.2) is 11.4 Å². The average molecular weight is 209 g/mol. The second-order valence-corrected chi connectivity index (χ2v) is 5.94. The molecular weight excluding hydrogens is 186 g/mol. The van der Waals surface area contributed by atoms with Gasteiger partial charge in [-0.15, -0.1) is 0 Å². The zero-order valence-electron chi connectivity index (χ0n) is 10.2. The van der Waals surface area contributed by atoms with E-state index in [4.69, 9.17) is 0 Å². The minimum Gasteiger partial charge on any atom is -0.350 e. The Labute approximate surface area is 92.8 Å². The highest BCUT2D eigenvalue weighted by Crippen LogP contribution is 2.52. The maximum atomic E-state index is 11.7. The third-order valence-electron chi connectivity index (χ3n) is 4.98. The molecule has 1 saturated heterocycles. The van der Waals surface area contributed by atoms with Crippen molar-refractivity contribution in [2.45, 2.75) is 64.8 Å². The molecule has 1 unspecified atom stereocenters. The van der Waals surface area contributed by atoms with Gasteiger partial charge in [-0.1, -0.05) is 40.0 Å². The van der Waals surface area contributed by atoms with Crippen LogP contribution < -0.4 is 5.32 Å². The van der Waals surface area contributed by atoms with E-state index < -0.39 is 0 Å². The van der Waals surface area contributed by atoms with Crippen LogP contribution in [0, 0.1) is 11.3 Å². The van der Waals surface area contributed by atoms with Crippen molar-refractivity contribution in [2.24, 2.45) is 11.3 Å². The smallest absolute Gasteiger partial charge is 0.221 e. The van der Waals surface area contributed by atoms with E-state index in [0.29, 0.717) is 5.92 Å². The molecule has 2 rings (SSSR count). The molecule has 1 aliphatic heterocycles. The van der Waals surface area contributed by atoms with Crippen LogP contribution in [0.5, 0.6) is 0 Å². The fourth-order valence-corrected chi connectivity index (χ4v) is 3.56. The maximum Gasteiger partial charge on any atom is 0.221 e. The summed E-state index contributed by atoms with van der Waals surface area (Å²) in [6, 6.07) is 0. The Kier molecular flexibility index (Phi) is 2.56. The van der Waals surface area contributed by atoms with E-state index in [1.807, 2.05) is 0 Å². The van der Waals surface area contributed by atoms with Crippen molar-refractivity contribution in [3.63, 3.8) is 0 Å². The standard InChI is InChI=1S/C13H23NO/c1-10(2)12(3)9-11(15)14-13(12)7-5-4-6-8-13/h10H,4-9H2,1-3H3,(H,14,15). The molecule has 1 heterocycles. The predicted molar refractivity (Wildman–Crippen MR) is 61.5 cm³/mol. The number of rotatable bonds is 1. The minimum absolute atomic E-state index is 0.122. The summed E-state index contributed by atoms with van der Waals surface area (Å²) >= 11 is 0. The van der Waals surface area contributed by atoms with Gasteiger partial charge >= 0.3 is 0 Å². The van der Waals surface area contributed by atoms with Crippen molar-refractivity contribution >= 4 is 5.91 Å². The summed E-state index contributed by atoms with van der Waals surface area (Å²) in [7, 11) is 0. The lowest BCUT2D eigenvalue weighted by atomic mass is 9.60. The zero-order chi connectivity index (χ0) is 11.1. The van der Waals surface area contributed by atoms with Gasteiger partial charge < -0.3 is 5.32 Å². The number of hydrogen-bond donors (Lipinski definition) is 1. The van der Waals surface area contributed by atoms with E-state index in [1.165, 1.54) is 32.1 Å². The van der Waals surface area contributed by atoms with Gasteiger partial charge in [0, 0.05) is 17.4 Å². The lowest BCUT2D eigenvalue weighted by molar-refractivity contribution is -0.120. The van der Waals surface area contributed by atoms with Crippen molar-refractivity contribution in [3.05, 3.63) is 0 Å². The molecule has 2 nitrogen and oxygen atoms in total. The number of carbonyl (C=O) groups excluding carboxylic acids is 1. The quantitative estimate of drug-likeness (QED) is 0.707. The predicted octanol–water partition coefficient (Wildman–Crippen LogP) is 2.87. The van der Waals surface area contributed by atoms with Crippen LogP contribution in [-0.2, 0) is 4.79 Å². The molecule has 0 bridgehead atoms. The molecule has 86 valence electrons. The van der Waals surface area contributed by atoms with Gasteiger partial charge in [0.25, 0.3) is 0 Å². The summed E-state index contributed by atoms with van der Waals surface area (Å²) < 4.78 is 0. The molecule has 1 atom stereocenters. The third-order valence-corrected chi connectivity index (χ3v) is 4.98. The maximum absolute atomic E-state index is 11.7. The molecule has 1 amide bonds. The SMILES string of the molecule is CC(C)C1(C)CC(=O)NC12CCCCC2. The molecule has 1 saturated carbocycles. The lowest BCUT2D eigenvalue weighted by Gasteiger charge is -2.48. The lowest BCUT2D eigenvalue weighted by Crippen LogP contribution is -2.54. The van der Waals surface area contributed by atoms with E-state index >= 15 is 0 Å². The van der Waals surface area contributed by atoms with Crippen molar-refractivity contribution in [1.29, 1.82) is 0 Å². The highest BCUT2D eigenvalue weighted by molar-refractivity contribution is 5.81. The second kappa shape index (κ2) is 3.50. The molecule has 0 aromatic heterocycles. The monoisotopic (exact) mass is 209 g/mol. The summed E-state index contributed by atoms with van der Waals surface area (Å²) in [5, 5.41) is 3.30. The number of amides is 1. The van der Waals surface area contributed by atoms with Crippen LogP contribution in [0.1, 0.15) is 59.3 Å². The molecule has 1 spiro atoms. The van der Waals surface area contributed by atoms with Gasteiger partial charge in [0.2, 0.25) is 5.91 Å². The number of carbonyl (C=O) groups is 1. The van der Waals surface area contributed by atoms with E-state index in [0.717, 1.165) is 6.42 Å². The molecule has 2 heteroatoms. The summed E-state index contributed by atoms with van der Waals surface area (Å²) in [5.41, 5.74) is 0.293. The van der Waals surface area contributed by atoms with Crippen molar-refractivity contribution in [3.8, 4) is 0 Å². The first kappa shape index (κ1) is 11.0. The van der Waals surface area contributed by atoms with E-state index in [-0.39, 0.29) is 16.9 Å². The first-order valence-corrected chi connectivity index (χ1v) is 6.31. The van der Waals surface area contributed by atoms with Gasteiger partial charge in [-0.05, 0) is 18.8 Å². The number of hydrogen-bond acceptors (Lipinski definition) is 1. The van der Waals surface area contributed by atoms with E-state index in [2.05, 4.69) is 26.1 Å². The fourth-order valence-electron chi connectivity index (χ4n) is 3.56. The Morgan fingerprint density at radius 3 is 2.33 bits per heavy atom. The molecule has 2 aliphatic rings. The topological polar surface area (TPSA) is 29.1 Å². The van der Waals surface area contributed by atoms with Gasteiger partial charge in [0.05, 0.1) is 0 Å². The van der Waals surface area contributed by atoms with Gasteiger partial charge in [-0.2, -0.15) is 0 Å². The fraction of sp³-hybridized carbons (Fsp3) is 0.923. The molecule has 15 heavy (non-hydrogen) atoms. The first-order chi connectivity index (χ1) is 7.00. The average Bonchev–Trinajstić information content (AvgIpc) is 2.40. The van der Waals surface area contributed by atoms with Crippen LogP contribution in [0.3, 0.4) is 0 Å². The third kappa shape index (κ3) is 1.49. The second-order valence-electron chi connectivity index (χ2n) is 5.94. The normalized spacial score (nSPS) is 34.8. The van der Waals surface area contributed by atoms with E-state index in [1.54, 1.807) is 0 Å². The molecular formula is C13H23NO. The Morgan fingerprint density at radius 1 is 1.20 bits per heavy atom. The van der Waals surface area contributed by atoms with Crippen LogP contribution >= 0.6 is 0 Å². The Morgan fingerprint density at radius 2 is 1.80 bits per heavy atom. The molecule has 2 fully saturated rings. The molecule has 0 aromatic rings. The largest absolute Gasteiger partial charge is 0.350 e. The first-order valence-electron chi connectivity index (χ1n) is 6.31. The van der Waals surface area contributed by atoms with Crippen LogP contribution in [0.2, 0.25) is 0 Å². The Bertz CT molecular complexity index is 266. The number of nitrogens with one attached hydrogen (secondary N) is 1. The summed E-state index contributed by atoms with van der Waals surface area (Å²) in [5.74, 6) is 0.850. The van der Waals surface area contributed by atoms with Crippen LogP contribution in [0.15, 0.2) is 0 Å². The summed E-state index contributed by atoms with van der Waals surface area (Å²) in [6.07, 6.45) is 7.00. The van der Waals surface area contributed by atoms with Crippen molar-refractivity contribution < 1.29 is 4.79 Å². The molecule has 1 N–H and O–H groups in total. The minimum atomic E-state index is 0.122. The van der Waals surface area contributed by atoms with Crippen LogP contribution in [0.25, 0.3) is 0 Å². The highest BCUT2D eigenvalue weighted by atomic mass is 16.2. The van der Waals surface area contributed by atoms with Gasteiger partial charge in [0.1, 0.15) is 0 Å². The van der Waals surface area contributed by atoms with Gasteiger partial charge in [-0.25, -0.2) is 0 Å². The van der Waals surface area contributed by atoms with Crippen molar-refractivity contribution in [2.75, 3.05) is 0 Å². The molecule has 0 aromatic carbocycles. The summed E-state index contributed by atoms with van der Waals surface area (Å²) in [6.45, 7) is 6.83. The highest BCUT2D eigenvalue weighted by Gasteiger charge is 2.56. The van der Waals surface area contributed by atoms with Gasteiger partial charge in [0.15, 0.2) is 0 Å². The molecule has 1 aliphatic carbocycles. The Balaban J connectivity index is 2.31. The van der Waals surface area contributed by atoms with E-state index in [9.17, 15) is 4.79 Å². The zero-order valence-corrected chi connectivity index (χ0v) is 10.2. The van der Waals surface area contributed by atoms with Gasteiger partial charge in [-0.3, -0.25) is 4.79 Å². The van der Waals surface area contributed by atoms with Crippen LogP contribution in [0.4, 0.5) is 0 Å². The molecule has 0 radical (unpaired) electrons. The summed E-state index contributed by atoms with van der Waals surface area (Å²) in [4.78, 5) is 11.7. The van der Waals surface area contributed by atoms with Crippen molar-refractivity contribution in [1.82, 2.24) is 5.32 Å². The Hall–Kier alpha value is -0.530.